The van der Waals surface area contributed by atoms with Gasteiger partial charge in [0.05, 0.1) is 5.56 Å². The van der Waals surface area contributed by atoms with Crippen LogP contribution in [-0.4, -0.2) is 17.6 Å². The average Bonchev–Trinajstić information content (AvgIpc) is 2.38. The summed E-state index contributed by atoms with van der Waals surface area (Å²) in [5.74, 6) is -2.16. The van der Waals surface area contributed by atoms with Gasteiger partial charge in [-0.3, -0.25) is 0 Å². The van der Waals surface area contributed by atoms with Crippen LogP contribution >= 0.6 is 0 Å². The molecule has 2 aromatic carbocycles. The van der Waals surface area contributed by atoms with E-state index >= 15 is 0 Å². The van der Waals surface area contributed by atoms with Gasteiger partial charge in [-0.05, 0) is 48.4 Å². The second kappa shape index (κ2) is 6.14. The molecule has 104 valence electrons. The minimum absolute atomic E-state index is 0.211. The zero-order valence-corrected chi connectivity index (χ0v) is 10.6. The number of carboxylic acids is 1. The van der Waals surface area contributed by atoms with E-state index in [9.17, 15) is 13.6 Å². The van der Waals surface area contributed by atoms with Gasteiger partial charge in [0.15, 0.2) is 0 Å². The molecule has 0 aromatic heterocycles. The minimum Gasteiger partial charge on any atom is -0.478 e. The number of carbonyl (C=O) groups is 1. The number of nitrogens with one attached hydrogen (secondary N) is 1. The van der Waals surface area contributed by atoms with Crippen LogP contribution in [0, 0.1) is 11.6 Å². The molecule has 20 heavy (non-hydrogen) atoms. The molecule has 0 heterocycles. The SMILES string of the molecule is O=C(O)c1ccc(NCCc2cc(F)cc(F)c2)cc1. The fourth-order valence-electron chi connectivity index (χ4n) is 1.84. The van der Waals surface area contributed by atoms with Crippen LogP contribution < -0.4 is 5.32 Å². The number of hydrogen-bond donors (Lipinski definition) is 2. The average molecular weight is 277 g/mol. The van der Waals surface area contributed by atoms with Gasteiger partial charge in [0.1, 0.15) is 11.6 Å². The molecule has 2 aromatic rings. The summed E-state index contributed by atoms with van der Waals surface area (Å²) < 4.78 is 26.0. The summed E-state index contributed by atoms with van der Waals surface area (Å²) in [4.78, 5) is 10.7. The molecule has 2 N–H and O–H groups in total. The third-order valence-electron chi connectivity index (χ3n) is 2.80. The number of benzene rings is 2. The first-order chi connectivity index (χ1) is 9.54. The normalized spacial score (nSPS) is 10.3. The molecule has 0 aliphatic rings. The minimum atomic E-state index is -0.980. The van der Waals surface area contributed by atoms with Gasteiger partial charge < -0.3 is 10.4 Å². The van der Waals surface area contributed by atoms with Crippen molar-refractivity contribution in [3.63, 3.8) is 0 Å². The molecule has 3 nitrogen and oxygen atoms in total. The first-order valence-corrected chi connectivity index (χ1v) is 6.07. The lowest BCUT2D eigenvalue weighted by atomic mass is 10.1. The van der Waals surface area contributed by atoms with Gasteiger partial charge in [0, 0.05) is 18.3 Å². The van der Waals surface area contributed by atoms with E-state index in [0.717, 1.165) is 11.8 Å². The second-order valence-electron chi connectivity index (χ2n) is 4.34. The summed E-state index contributed by atoms with van der Waals surface area (Å²) in [5.41, 5.74) is 1.53. The molecule has 0 atom stereocenters. The topological polar surface area (TPSA) is 49.3 Å². The highest BCUT2D eigenvalue weighted by atomic mass is 19.1. The molecule has 5 heteroatoms. The Kier molecular flexibility index (Phi) is 4.30. The van der Waals surface area contributed by atoms with Crippen LogP contribution in [0.4, 0.5) is 14.5 Å². The van der Waals surface area contributed by atoms with Crippen molar-refractivity contribution in [2.75, 3.05) is 11.9 Å². The van der Waals surface area contributed by atoms with Gasteiger partial charge in [-0.25, -0.2) is 13.6 Å². The molecule has 0 bridgehead atoms. The molecule has 0 aliphatic heterocycles. The van der Waals surface area contributed by atoms with E-state index in [-0.39, 0.29) is 5.56 Å². The third kappa shape index (κ3) is 3.78. The molecule has 0 saturated carbocycles. The van der Waals surface area contributed by atoms with Crippen LogP contribution in [0.2, 0.25) is 0 Å². The summed E-state index contributed by atoms with van der Waals surface area (Å²) in [6.45, 7) is 0.495. The predicted molar refractivity (Wildman–Crippen MR) is 72.0 cm³/mol. The summed E-state index contributed by atoms with van der Waals surface area (Å²) in [5, 5.41) is 11.8. The Bertz CT molecular complexity index is 592. The summed E-state index contributed by atoms with van der Waals surface area (Å²) in [6, 6.07) is 9.70. The maximum absolute atomic E-state index is 13.0. The van der Waals surface area contributed by atoms with E-state index in [1.54, 1.807) is 12.1 Å². The van der Waals surface area contributed by atoms with Crippen LogP contribution in [0.15, 0.2) is 42.5 Å². The van der Waals surface area contributed by atoms with Crippen molar-refractivity contribution in [2.45, 2.75) is 6.42 Å². The van der Waals surface area contributed by atoms with Crippen molar-refractivity contribution in [1.82, 2.24) is 0 Å². The highest BCUT2D eigenvalue weighted by Gasteiger charge is 2.02. The first-order valence-electron chi connectivity index (χ1n) is 6.07. The number of halogens is 2. The molecular weight excluding hydrogens is 264 g/mol. The van der Waals surface area contributed by atoms with E-state index < -0.39 is 17.6 Å². The number of aromatic carboxylic acids is 1. The van der Waals surface area contributed by atoms with Crippen LogP contribution in [0.5, 0.6) is 0 Å². The smallest absolute Gasteiger partial charge is 0.335 e. The van der Waals surface area contributed by atoms with Gasteiger partial charge in [-0.1, -0.05) is 0 Å². The lowest BCUT2D eigenvalue weighted by Gasteiger charge is -2.07. The molecule has 0 amide bonds. The Labute approximate surface area is 114 Å². The summed E-state index contributed by atoms with van der Waals surface area (Å²) in [7, 11) is 0. The molecule has 0 unspecified atom stereocenters. The molecule has 0 fully saturated rings. The summed E-state index contributed by atoms with van der Waals surface area (Å²) >= 11 is 0. The molecule has 0 aliphatic carbocycles. The molecular formula is C15H13F2NO2. The van der Waals surface area contributed by atoms with E-state index in [1.807, 2.05) is 0 Å². The zero-order chi connectivity index (χ0) is 14.5. The van der Waals surface area contributed by atoms with Crippen molar-refractivity contribution in [2.24, 2.45) is 0 Å². The van der Waals surface area contributed by atoms with E-state index in [2.05, 4.69) is 5.32 Å². The van der Waals surface area contributed by atoms with Crippen LogP contribution in [-0.2, 0) is 6.42 Å². The fourth-order valence-corrected chi connectivity index (χ4v) is 1.84. The Hall–Kier alpha value is -2.43. The number of anilines is 1. The standard InChI is InChI=1S/C15H13F2NO2/c16-12-7-10(8-13(17)9-12)5-6-18-14-3-1-11(2-4-14)15(19)20/h1-4,7-9,18H,5-6H2,(H,19,20). The summed E-state index contributed by atoms with van der Waals surface area (Å²) in [6.07, 6.45) is 0.468. The fraction of sp³-hybridized carbons (Fsp3) is 0.133. The van der Waals surface area contributed by atoms with Gasteiger partial charge in [0.25, 0.3) is 0 Å². The Balaban J connectivity index is 1.90. The lowest BCUT2D eigenvalue weighted by Crippen LogP contribution is -2.05. The molecule has 2 rings (SSSR count). The van der Waals surface area contributed by atoms with E-state index in [0.29, 0.717) is 18.5 Å². The zero-order valence-electron chi connectivity index (χ0n) is 10.6. The van der Waals surface area contributed by atoms with E-state index in [4.69, 9.17) is 5.11 Å². The van der Waals surface area contributed by atoms with Gasteiger partial charge in [-0.15, -0.1) is 0 Å². The number of rotatable bonds is 5. The molecule has 0 radical (unpaired) electrons. The Morgan fingerprint density at radius 1 is 1.05 bits per heavy atom. The van der Waals surface area contributed by atoms with Crippen molar-refractivity contribution < 1.29 is 18.7 Å². The van der Waals surface area contributed by atoms with Gasteiger partial charge in [0.2, 0.25) is 0 Å². The highest BCUT2D eigenvalue weighted by Crippen LogP contribution is 2.11. The van der Waals surface area contributed by atoms with Crippen molar-refractivity contribution >= 4 is 11.7 Å². The maximum atomic E-state index is 13.0. The molecule has 0 saturated heterocycles. The van der Waals surface area contributed by atoms with Gasteiger partial charge >= 0.3 is 5.97 Å². The largest absolute Gasteiger partial charge is 0.478 e. The van der Waals surface area contributed by atoms with Crippen molar-refractivity contribution in [3.8, 4) is 0 Å². The maximum Gasteiger partial charge on any atom is 0.335 e. The Morgan fingerprint density at radius 3 is 2.20 bits per heavy atom. The van der Waals surface area contributed by atoms with Crippen LogP contribution in [0.1, 0.15) is 15.9 Å². The van der Waals surface area contributed by atoms with E-state index in [1.165, 1.54) is 24.3 Å². The quantitative estimate of drug-likeness (QED) is 0.881. The Morgan fingerprint density at radius 2 is 1.65 bits per heavy atom. The van der Waals surface area contributed by atoms with Crippen molar-refractivity contribution in [1.29, 1.82) is 0 Å². The predicted octanol–water partition coefficient (Wildman–Crippen LogP) is 3.32. The monoisotopic (exact) mass is 277 g/mol. The third-order valence-corrected chi connectivity index (χ3v) is 2.80. The first kappa shape index (κ1) is 14.0. The lowest BCUT2D eigenvalue weighted by molar-refractivity contribution is 0.0697. The number of carboxylic acid groups (broad SMARTS) is 1. The van der Waals surface area contributed by atoms with Crippen molar-refractivity contribution in [3.05, 3.63) is 65.2 Å². The number of hydrogen-bond acceptors (Lipinski definition) is 2. The highest BCUT2D eigenvalue weighted by molar-refractivity contribution is 5.87. The van der Waals surface area contributed by atoms with Crippen LogP contribution in [0.3, 0.4) is 0 Å². The second-order valence-corrected chi connectivity index (χ2v) is 4.34. The van der Waals surface area contributed by atoms with Crippen LogP contribution in [0.25, 0.3) is 0 Å². The van der Waals surface area contributed by atoms with Gasteiger partial charge in [-0.2, -0.15) is 0 Å². The molecule has 0 spiro atoms.